The zero-order chi connectivity index (χ0) is 22.5. The van der Waals surface area contributed by atoms with Gasteiger partial charge in [-0.05, 0) is 18.2 Å². The van der Waals surface area contributed by atoms with Gasteiger partial charge < -0.3 is 24.6 Å². The van der Waals surface area contributed by atoms with Gasteiger partial charge in [0.1, 0.15) is 0 Å². The predicted molar refractivity (Wildman–Crippen MR) is 116 cm³/mol. The van der Waals surface area contributed by atoms with Crippen LogP contribution in [0, 0.1) is 0 Å². The van der Waals surface area contributed by atoms with Gasteiger partial charge in [-0.2, -0.15) is 0 Å². The zero-order valence-corrected chi connectivity index (χ0v) is 18.4. The second-order valence-corrected chi connectivity index (χ2v) is 7.45. The number of benzene rings is 1. The molecule has 0 saturated carbocycles. The molecule has 0 radical (unpaired) electrons. The minimum Gasteiger partial charge on any atom is -0.465 e. The average Bonchev–Trinajstić information content (AvgIpc) is 2.78. The van der Waals surface area contributed by atoms with E-state index in [4.69, 9.17) is 32.7 Å². The lowest BCUT2D eigenvalue weighted by molar-refractivity contribution is 0.0599. The summed E-state index contributed by atoms with van der Waals surface area (Å²) in [5.74, 6) is -1.28. The Kier molecular flexibility index (Phi) is 7.19. The molecular weight excluding hydrogens is 447 g/mol. The van der Waals surface area contributed by atoms with Crippen LogP contribution in [0.15, 0.2) is 30.6 Å². The fraction of sp³-hybridized carbons (Fsp3) is 0.300. The van der Waals surface area contributed by atoms with Crippen molar-refractivity contribution in [2.75, 3.05) is 50.6 Å². The van der Waals surface area contributed by atoms with Crippen LogP contribution in [0.25, 0.3) is 0 Å². The van der Waals surface area contributed by atoms with Crippen LogP contribution in [0.2, 0.25) is 10.0 Å². The number of nitrogens with one attached hydrogen (secondary N) is 1. The third-order valence-electron chi connectivity index (χ3n) is 4.74. The lowest BCUT2D eigenvalue weighted by Crippen LogP contribution is -2.50. The van der Waals surface area contributed by atoms with E-state index in [0.717, 1.165) is 0 Å². The van der Waals surface area contributed by atoms with E-state index in [2.05, 4.69) is 10.3 Å². The van der Waals surface area contributed by atoms with Gasteiger partial charge in [-0.25, -0.2) is 14.4 Å². The van der Waals surface area contributed by atoms with Crippen molar-refractivity contribution in [1.29, 1.82) is 0 Å². The van der Waals surface area contributed by atoms with Crippen LogP contribution < -0.4 is 10.2 Å². The number of carbonyl (C=O) groups excluding carboxylic acids is 3. The highest BCUT2D eigenvalue weighted by Crippen LogP contribution is 2.33. The summed E-state index contributed by atoms with van der Waals surface area (Å²) >= 11 is 12.4. The van der Waals surface area contributed by atoms with Crippen LogP contribution >= 0.6 is 23.2 Å². The Bertz CT molecular complexity index is 955. The summed E-state index contributed by atoms with van der Waals surface area (Å²) in [4.78, 5) is 44.1. The molecule has 164 valence electrons. The van der Waals surface area contributed by atoms with E-state index >= 15 is 0 Å². The molecule has 1 aromatic heterocycles. The molecule has 0 aliphatic carbocycles. The molecule has 31 heavy (non-hydrogen) atoms. The number of hydrogen-bond acceptors (Lipinski definition) is 7. The van der Waals surface area contributed by atoms with Crippen LogP contribution in [0.4, 0.5) is 16.2 Å². The van der Waals surface area contributed by atoms with E-state index in [0.29, 0.717) is 41.9 Å². The Morgan fingerprint density at radius 2 is 1.42 bits per heavy atom. The molecule has 1 N–H and O–H groups in total. The third-order valence-corrected chi connectivity index (χ3v) is 5.29. The molecule has 2 amide bonds. The number of ether oxygens (including phenoxy) is 2. The van der Waals surface area contributed by atoms with Crippen molar-refractivity contribution in [3.8, 4) is 0 Å². The van der Waals surface area contributed by atoms with Gasteiger partial charge in [0.15, 0.2) is 0 Å². The first-order valence-electron chi connectivity index (χ1n) is 9.25. The summed E-state index contributed by atoms with van der Waals surface area (Å²) < 4.78 is 9.42. The first-order valence-corrected chi connectivity index (χ1v) is 10.0. The molecule has 0 atom stereocenters. The van der Waals surface area contributed by atoms with Crippen LogP contribution in [0.3, 0.4) is 0 Å². The molecule has 1 saturated heterocycles. The van der Waals surface area contributed by atoms with E-state index in [1.54, 1.807) is 4.90 Å². The molecule has 9 nitrogen and oxygen atoms in total. The second-order valence-electron chi connectivity index (χ2n) is 6.64. The van der Waals surface area contributed by atoms with Crippen LogP contribution in [0.1, 0.15) is 20.7 Å². The number of hydrogen-bond donors (Lipinski definition) is 1. The highest BCUT2D eigenvalue weighted by atomic mass is 35.5. The fourth-order valence-corrected chi connectivity index (χ4v) is 3.82. The van der Waals surface area contributed by atoms with E-state index in [-0.39, 0.29) is 22.8 Å². The maximum Gasteiger partial charge on any atom is 0.337 e. The molecule has 1 fully saturated rings. The van der Waals surface area contributed by atoms with Gasteiger partial charge in [-0.15, -0.1) is 0 Å². The SMILES string of the molecule is COC(=O)c1cc(NC(=O)N2CCN(c3c(Cl)cncc3Cl)CC2)cc(C(=O)OC)c1. The third kappa shape index (κ3) is 5.18. The zero-order valence-electron chi connectivity index (χ0n) is 16.9. The average molecular weight is 467 g/mol. The molecule has 2 heterocycles. The topological polar surface area (TPSA) is 101 Å². The van der Waals surface area contributed by atoms with Crippen molar-refractivity contribution in [3.63, 3.8) is 0 Å². The number of anilines is 2. The number of nitrogens with zero attached hydrogens (tertiary/aromatic N) is 3. The Morgan fingerprint density at radius 3 is 1.90 bits per heavy atom. The van der Waals surface area contributed by atoms with Gasteiger partial charge in [0, 0.05) is 44.3 Å². The molecule has 0 spiro atoms. The first kappa shape index (κ1) is 22.6. The van der Waals surface area contributed by atoms with E-state index in [1.165, 1.54) is 44.8 Å². The van der Waals surface area contributed by atoms with E-state index in [1.807, 2.05) is 4.90 Å². The van der Waals surface area contributed by atoms with E-state index in [9.17, 15) is 14.4 Å². The van der Waals surface area contributed by atoms with Crippen molar-refractivity contribution >= 4 is 52.5 Å². The number of aromatic nitrogens is 1. The molecule has 1 aromatic carbocycles. The lowest BCUT2D eigenvalue weighted by atomic mass is 10.1. The first-order chi connectivity index (χ1) is 14.8. The molecule has 1 aliphatic rings. The van der Waals surface area contributed by atoms with Gasteiger partial charge in [-0.1, -0.05) is 23.2 Å². The minimum absolute atomic E-state index is 0.118. The highest BCUT2D eigenvalue weighted by Gasteiger charge is 2.24. The molecule has 0 unspecified atom stereocenters. The van der Waals surface area contributed by atoms with Crippen LogP contribution in [-0.4, -0.2) is 68.3 Å². The number of piperazine rings is 1. The number of urea groups is 1. The number of methoxy groups -OCH3 is 2. The standard InChI is InChI=1S/C20H20Cl2N4O5/c1-30-18(27)12-7-13(19(28)31-2)9-14(8-12)24-20(29)26-5-3-25(4-6-26)17-15(21)10-23-11-16(17)22/h7-11H,3-6H2,1-2H3,(H,24,29). The molecule has 11 heteroatoms. The normalized spacial score (nSPS) is 13.5. The van der Waals surface area contributed by atoms with Gasteiger partial charge in [0.05, 0.1) is 41.1 Å². The molecule has 1 aliphatic heterocycles. The van der Waals surface area contributed by atoms with Crippen LogP contribution in [-0.2, 0) is 9.47 Å². The smallest absolute Gasteiger partial charge is 0.337 e. The summed E-state index contributed by atoms with van der Waals surface area (Å²) in [6.45, 7) is 1.88. The number of carbonyl (C=O) groups is 3. The largest absolute Gasteiger partial charge is 0.465 e. The summed E-state index contributed by atoms with van der Waals surface area (Å²) in [5.41, 5.74) is 1.20. The Hall–Kier alpha value is -3.04. The van der Waals surface area contributed by atoms with Gasteiger partial charge >= 0.3 is 18.0 Å². The van der Waals surface area contributed by atoms with Crippen molar-refractivity contribution < 1.29 is 23.9 Å². The Labute approximate surface area is 188 Å². The van der Waals surface area contributed by atoms with E-state index < -0.39 is 11.9 Å². The Morgan fingerprint density at radius 1 is 0.903 bits per heavy atom. The number of amides is 2. The van der Waals surface area contributed by atoms with Gasteiger partial charge in [-0.3, -0.25) is 4.98 Å². The van der Waals surface area contributed by atoms with Crippen LogP contribution in [0.5, 0.6) is 0 Å². The number of halogens is 2. The highest BCUT2D eigenvalue weighted by molar-refractivity contribution is 6.38. The fourth-order valence-electron chi connectivity index (χ4n) is 3.21. The monoisotopic (exact) mass is 466 g/mol. The quantitative estimate of drug-likeness (QED) is 0.689. The number of esters is 2. The number of rotatable bonds is 4. The summed E-state index contributed by atoms with van der Waals surface area (Å²) in [6.07, 6.45) is 3.05. The maximum atomic E-state index is 12.7. The van der Waals surface area contributed by atoms with Crippen molar-refractivity contribution in [2.45, 2.75) is 0 Å². The van der Waals surface area contributed by atoms with Gasteiger partial charge in [0.25, 0.3) is 0 Å². The van der Waals surface area contributed by atoms with Crippen molar-refractivity contribution in [1.82, 2.24) is 9.88 Å². The predicted octanol–water partition coefficient (Wildman–Crippen LogP) is 3.32. The molecular formula is C20H20Cl2N4O5. The summed E-state index contributed by atoms with van der Waals surface area (Å²) in [6, 6.07) is 3.84. The summed E-state index contributed by atoms with van der Waals surface area (Å²) in [5, 5.41) is 3.61. The second kappa shape index (κ2) is 9.84. The maximum absolute atomic E-state index is 12.7. The van der Waals surface area contributed by atoms with Crippen molar-refractivity contribution in [2.24, 2.45) is 0 Å². The van der Waals surface area contributed by atoms with Gasteiger partial charge in [0.2, 0.25) is 0 Å². The number of pyridine rings is 1. The lowest BCUT2D eigenvalue weighted by Gasteiger charge is -2.36. The Balaban J connectivity index is 1.71. The molecule has 2 aromatic rings. The molecule has 3 rings (SSSR count). The minimum atomic E-state index is -0.638. The summed E-state index contributed by atoms with van der Waals surface area (Å²) in [7, 11) is 2.46. The molecule has 0 bridgehead atoms. The van der Waals surface area contributed by atoms with Crippen molar-refractivity contribution in [3.05, 3.63) is 51.8 Å².